The maximum Gasteiger partial charge on any atom is 0.362 e. The number of β-lactam (4-membered cyclic amide) rings is 1. The number of nitrogens with zero attached hydrogens (tertiary/aromatic N) is 3. The molecule has 2 aliphatic rings. The molecule has 0 bridgehead atoms. The van der Waals surface area contributed by atoms with Crippen LogP contribution in [-0.2, 0) is 35.9 Å². The zero-order chi connectivity index (χ0) is 32.9. The fourth-order valence-electron chi connectivity index (χ4n) is 4.72. The molecular formula is C26H34N8O9S2. The molecule has 0 radical (unpaired) electrons. The van der Waals surface area contributed by atoms with Crippen molar-refractivity contribution in [1.82, 2.24) is 25.2 Å². The maximum absolute atomic E-state index is 13.3. The zero-order valence-corrected chi connectivity index (χ0v) is 26.0. The van der Waals surface area contributed by atoms with Gasteiger partial charge in [0.2, 0.25) is 0 Å². The van der Waals surface area contributed by atoms with E-state index in [-0.39, 0.29) is 27.0 Å². The molecular weight excluding hydrogens is 632 g/mol. The molecule has 0 spiro atoms. The number of piperidine rings is 1. The number of hydrogen-bond donors (Lipinski definition) is 7. The molecule has 0 saturated carbocycles. The molecule has 3 heterocycles. The number of thiazole rings is 1. The monoisotopic (exact) mass is 666 g/mol. The van der Waals surface area contributed by atoms with Crippen molar-refractivity contribution in [1.29, 1.82) is 5.41 Å². The summed E-state index contributed by atoms with van der Waals surface area (Å²) in [5, 5.41) is 30.7. The maximum atomic E-state index is 13.3. The van der Waals surface area contributed by atoms with Gasteiger partial charge in [-0.05, 0) is 57.0 Å². The van der Waals surface area contributed by atoms with Crippen molar-refractivity contribution in [2.24, 2.45) is 5.16 Å². The summed E-state index contributed by atoms with van der Waals surface area (Å²) in [5.74, 6) is -3.01. The van der Waals surface area contributed by atoms with E-state index in [1.807, 2.05) is 0 Å². The Kier molecular flexibility index (Phi) is 10.6. The first-order valence-electron chi connectivity index (χ1n) is 13.9. The van der Waals surface area contributed by atoms with E-state index >= 15 is 0 Å². The Labute approximate surface area is 262 Å². The van der Waals surface area contributed by atoms with Crippen LogP contribution in [0.4, 0.5) is 5.13 Å². The summed E-state index contributed by atoms with van der Waals surface area (Å²) in [4.78, 5) is 47.4. The van der Waals surface area contributed by atoms with Gasteiger partial charge in [0.15, 0.2) is 10.8 Å². The Morgan fingerprint density at radius 3 is 2.60 bits per heavy atom. The number of nitrogens with one attached hydrogen (secondary N) is 4. The molecule has 17 nitrogen and oxygen atoms in total. The Morgan fingerprint density at radius 1 is 1.31 bits per heavy atom. The van der Waals surface area contributed by atoms with Crippen molar-refractivity contribution in [3.05, 3.63) is 40.4 Å². The Morgan fingerprint density at radius 2 is 2.02 bits per heavy atom. The summed E-state index contributed by atoms with van der Waals surface area (Å²) < 4.78 is 37.9. The van der Waals surface area contributed by atoms with Crippen LogP contribution < -0.4 is 26.4 Å². The number of rotatable bonds is 13. The van der Waals surface area contributed by atoms with Crippen LogP contribution in [0.1, 0.15) is 42.8 Å². The highest BCUT2D eigenvalue weighted by Gasteiger charge is 2.51. The Balaban J connectivity index is 1.45. The van der Waals surface area contributed by atoms with Gasteiger partial charge in [0.25, 0.3) is 17.9 Å². The van der Waals surface area contributed by atoms with Crippen LogP contribution in [0.2, 0.25) is 0 Å². The molecule has 0 aliphatic carbocycles. The summed E-state index contributed by atoms with van der Waals surface area (Å²) >= 11 is 1.06. The first-order chi connectivity index (χ1) is 21.3. The average Bonchev–Trinajstić information content (AvgIpc) is 3.37. The molecule has 244 valence electrons. The molecule has 0 unspecified atom stereocenters. The second-order valence-electron chi connectivity index (χ2n) is 10.3. The number of oxime groups is 1. The fraction of sp³-hybridized carbons (Fsp3) is 0.462. The number of benzene rings is 1. The van der Waals surface area contributed by atoms with Crippen LogP contribution in [0.5, 0.6) is 5.75 Å². The number of hydrogen-bond acceptors (Lipinski definition) is 13. The Bertz CT molecular complexity index is 1570. The first kappa shape index (κ1) is 33.6. The molecule has 45 heavy (non-hydrogen) atoms. The van der Waals surface area contributed by atoms with Gasteiger partial charge in [0.1, 0.15) is 29.9 Å². The lowest BCUT2D eigenvalue weighted by atomic mass is 10.0. The van der Waals surface area contributed by atoms with Gasteiger partial charge in [0, 0.05) is 23.0 Å². The van der Waals surface area contributed by atoms with Crippen molar-refractivity contribution in [3.63, 3.8) is 0 Å². The molecule has 1 aromatic heterocycles. The minimum absolute atomic E-state index is 0.00993. The number of carboxylic acids is 1. The number of carboxylic acid groups (broad SMARTS) is 1. The average molecular weight is 667 g/mol. The summed E-state index contributed by atoms with van der Waals surface area (Å²) in [6.45, 7) is 4.27. The van der Waals surface area contributed by atoms with Crippen LogP contribution in [-0.4, -0.2) is 101 Å². The minimum Gasteiger partial charge on any atom is -0.489 e. The topological polar surface area (TPSA) is 259 Å². The second-order valence-corrected chi connectivity index (χ2v) is 12.7. The van der Waals surface area contributed by atoms with Crippen molar-refractivity contribution >= 4 is 56.1 Å². The SMILES string of the molecule is CCc1sc(N)nc1/C(=N/O[C@@H](COc1ccc(C(=N)N[C@H]2CCCNC2)cc1)C(=O)O)C(=O)N[C@@H]1C(=O)N(S(=O)(=O)O)[C@H]1C. The normalized spacial score (nSPS) is 21.0. The van der Waals surface area contributed by atoms with E-state index in [0.29, 0.717) is 22.6 Å². The van der Waals surface area contributed by atoms with Gasteiger partial charge >= 0.3 is 16.3 Å². The second kappa shape index (κ2) is 14.2. The molecule has 1 aromatic carbocycles. The smallest absolute Gasteiger partial charge is 0.362 e. The van der Waals surface area contributed by atoms with Crippen LogP contribution >= 0.6 is 11.3 Å². The molecule has 2 aromatic rings. The lowest BCUT2D eigenvalue weighted by Gasteiger charge is -2.42. The van der Waals surface area contributed by atoms with Crippen LogP contribution in [0.3, 0.4) is 0 Å². The summed E-state index contributed by atoms with van der Waals surface area (Å²) in [5.41, 5.74) is 5.93. The fourth-order valence-corrected chi connectivity index (χ4v) is 6.37. The molecule has 2 fully saturated rings. The highest BCUT2D eigenvalue weighted by Crippen LogP contribution is 2.25. The molecule has 4 atom stereocenters. The highest BCUT2D eigenvalue weighted by molar-refractivity contribution is 7.84. The van der Waals surface area contributed by atoms with E-state index in [9.17, 15) is 32.5 Å². The molecule has 2 amide bonds. The number of aliphatic carboxylic acids is 1. The number of ether oxygens (including phenoxy) is 1. The van der Waals surface area contributed by atoms with Crippen molar-refractivity contribution in [2.45, 2.75) is 57.3 Å². The number of carbonyl (C=O) groups is 3. The van der Waals surface area contributed by atoms with Gasteiger partial charge < -0.3 is 36.4 Å². The third kappa shape index (κ3) is 8.04. The number of aryl methyl sites for hydroxylation is 1. The Hall–Kier alpha value is -4.33. The lowest BCUT2D eigenvalue weighted by Crippen LogP contribution is -2.71. The van der Waals surface area contributed by atoms with Crippen molar-refractivity contribution in [2.75, 3.05) is 25.4 Å². The van der Waals surface area contributed by atoms with Crippen LogP contribution in [0.25, 0.3) is 0 Å². The standard InChI is InChI=1S/C26H34N8O9S2/c1-3-18-20(32-26(28)44-18)21(23(35)31-19-13(2)34(24(19)36)45(39,40)41)33-43-17(25(37)38)12-42-16-8-6-14(7-9-16)22(27)30-15-5-4-10-29-11-15/h6-9,13,15,17,19,29H,3-5,10-12H2,1-2H3,(H2,27,30)(H2,28,32)(H,31,35)(H,37,38)(H,39,40,41)/b33-21-/t13-,15-,17-,19-/m0/s1. The van der Waals surface area contributed by atoms with Gasteiger partial charge in [-0.15, -0.1) is 11.3 Å². The predicted molar refractivity (Wildman–Crippen MR) is 163 cm³/mol. The van der Waals surface area contributed by atoms with E-state index < -0.39 is 58.6 Å². The molecule has 2 aliphatic heterocycles. The highest BCUT2D eigenvalue weighted by atomic mass is 32.2. The van der Waals surface area contributed by atoms with Crippen molar-refractivity contribution in [3.8, 4) is 5.75 Å². The number of anilines is 1. The number of amides is 2. The molecule has 19 heteroatoms. The lowest BCUT2D eigenvalue weighted by molar-refractivity contribution is -0.152. The number of nitrogen functional groups attached to an aromatic ring is 1. The summed E-state index contributed by atoms with van der Waals surface area (Å²) in [6.07, 6.45) is 0.663. The van der Waals surface area contributed by atoms with E-state index in [0.717, 1.165) is 37.3 Å². The van der Waals surface area contributed by atoms with Gasteiger partial charge in [-0.25, -0.2) is 14.1 Å². The zero-order valence-electron chi connectivity index (χ0n) is 24.3. The number of nitrogens with two attached hydrogens (primary N) is 1. The van der Waals surface area contributed by atoms with Gasteiger partial charge in [-0.2, -0.15) is 8.42 Å². The third-order valence-electron chi connectivity index (χ3n) is 7.08. The number of aromatic nitrogens is 1. The van der Waals surface area contributed by atoms with Gasteiger partial charge in [-0.3, -0.25) is 19.6 Å². The molecule has 4 rings (SSSR count). The molecule has 2 saturated heterocycles. The van der Waals surface area contributed by atoms with E-state index in [1.54, 1.807) is 31.2 Å². The van der Waals surface area contributed by atoms with E-state index in [4.69, 9.17) is 20.7 Å². The summed E-state index contributed by atoms with van der Waals surface area (Å²) in [7, 11) is -4.83. The van der Waals surface area contributed by atoms with Gasteiger partial charge in [-0.1, -0.05) is 12.1 Å². The quantitative estimate of drug-likeness (QED) is 0.0478. The van der Waals surface area contributed by atoms with Gasteiger partial charge in [0.05, 0.1) is 6.04 Å². The van der Waals surface area contributed by atoms with E-state index in [2.05, 4.69) is 26.1 Å². The van der Waals surface area contributed by atoms with Crippen molar-refractivity contribution < 1.29 is 42.0 Å². The first-order valence-corrected chi connectivity index (χ1v) is 16.1. The third-order valence-corrected chi connectivity index (χ3v) is 9.12. The minimum atomic E-state index is -4.83. The van der Waals surface area contributed by atoms with Crippen LogP contribution in [0.15, 0.2) is 29.4 Å². The van der Waals surface area contributed by atoms with E-state index in [1.165, 1.54) is 6.92 Å². The number of amidine groups is 1. The molecule has 8 N–H and O–H groups in total. The van der Waals surface area contributed by atoms with Crippen LogP contribution in [0, 0.1) is 5.41 Å². The predicted octanol–water partition coefficient (Wildman–Crippen LogP) is -0.274. The largest absolute Gasteiger partial charge is 0.489 e. The summed E-state index contributed by atoms with van der Waals surface area (Å²) in [6, 6.07) is 4.17. The number of carbonyl (C=O) groups excluding carboxylic acids is 2.